The normalized spacial score (nSPS) is 7.64. The van der Waals surface area contributed by atoms with Gasteiger partial charge in [0.2, 0.25) is 0 Å². The molecule has 0 amide bonds. The number of hydrazine groups is 1. The second-order valence-electron chi connectivity index (χ2n) is 1.96. The number of hydrogen-bond donors (Lipinski definition) is 2. The van der Waals surface area contributed by atoms with E-state index in [-0.39, 0.29) is 18.1 Å². The summed E-state index contributed by atoms with van der Waals surface area (Å²) in [6, 6.07) is 6.03. The number of benzene rings is 1. The highest BCUT2D eigenvalue weighted by molar-refractivity contribution is 5.85. The lowest BCUT2D eigenvalue weighted by Gasteiger charge is -1.96. The van der Waals surface area contributed by atoms with Crippen LogP contribution in [0.3, 0.4) is 0 Å². The molecule has 7 heteroatoms. The second kappa shape index (κ2) is 8.24. The molecule has 1 aromatic carbocycles. The molecule has 0 saturated carbocycles. The van der Waals surface area contributed by atoms with Gasteiger partial charge in [0.15, 0.2) is 0 Å². The minimum absolute atomic E-state index is 0. The molecule has 0 bridgehead atoms. The van der Waals surface area contributed by atoms with Gasteiger partial charge in [-0.1, -0.05) is 6.07 Å². The molecule has 0 aromatic heterocycles. The van der Waals surface area contributed by atoms with Gasteiger partial charge in [0.1, 0.15) is 5.75 Å². The first kappa shape index (κ1) is 15.1. The summed E-state index contributed by atoms with van der Waals surface area (Å²) >= 11 is 0. The molecule has 0 atom stereocenters. The molecule has 0 heterocycles. The fourth-order valence-electron chi connectivity index (χ4n) is 0.724. The lowest BCUT2D eigenvalue weighted by atomic mass is 10.3. The molecule has 0 aliphatic carbocycles. The maximum absolute atomic E-state index is 10.2. The number of methoxy groups -OCH3 is 1. The highest BCUT2D eigenvalue weighted by atomic mass is 35.5. The Balaban J connectivity index is 0. The van der Waals surface area contributed by atoms with Crippen molar-refractivity contribution >= 4 is 18.1 Å². The van der Waals surface area contributed by atoms with Crippen LogP contribution in [0.5, 0.6) is 5.75 Å². The smallest absolute Gasteiger partial charge is 0.273 e. The van der Waals surface area contributed by atoms with Gasteiger partial charge in [0, 0.05) is 6.07 Å². The van der Waals surface area contributed by atoms with Gasteiger partial charge in [-0.2, -0.15) is 0 Å². The molecule has 80 valence electrons. The topological polar surface area (TPSA) is 104 Å². The van der Waals surface area contributed by atoms with E-state index in [0.717, 1.165) is 0 Å². The molecule has 0 aliphatic rings. The lowest BCUT2D eigenvalue weighted by molar-refractivity contribution is -0.384. The first-order chi connectivity index (χ1) is 6.24. The van der Waals surface area contributed by atoms with Crippen LogP contribution in [0.15, 0.2) is 24.3 Å². The SMILES string of the molecule is COc1cccc([N+](=O)[O-])c1.Cl.NN. The maximum atomic E-state index is 10.2. The molecule has 1 aromatic rings. The van der Waals surface area contributed by atoms with Crippen molar-refractivity contribution in [2.75, 3.05) is 7.11 Å². The van der Waals surface area contributed by atoms with Crippen molar-refractivity contribution in [1.29, 1.82) is 0 Å². The van der Waals surface area contributed by atoms with E-state index in [1.807, 2.05) is 0 Å². The van der Waals surface area contributed by atoms with Crippen LogP contribution in [0.25, 0.3) is 0 Å². The molecule has 0 saturated heterocycles. The Morgan fingerprint density at radius 2 is 2.00 bits per heavy atom. The molecule has 14 heavy (non-hydrogen) atoms. The van der Waals surface area contributed by atoms with Crippen molar-refractivity contribution in [3.05, 3.63) is 34.4 Å². The highest BCUT2D eigenvalue weighted by Gasteiger charge is 2.04. The van der Waals surface area contributed by atoms with E-state index >= 15 is 0 Å². The first-order valence-corrected chi connectivity index (χ1v) is 3.36. The average molecular weight is 222 g/mol. The Bertz CT molecular complexity index is 283. The Morgan fingerprint density at radius 3 is 2.43 bits per heavy atom. The van der Waals surface area contributed by atoms with Crippen LogP contribution in [-0.2, 0) is 0 Å². The van der Waals surface area contributed by atoms with E-state index in [0.29, 0.717) is 5.75 Å². The van der Waals surface area contributed by atoms with Crippen LogP contribution in [0.1, 0.15) is 0 Å². The van der Waals surface area contributed by atoms with Crippen LogP contribution in [0.2, 0.25) is 0 Å². The zero-order chi connectivity index (χ0) is 10.3. The summed E-state index contributed by atoms with van der Waals surface area (Å²) in [6.07, 6.45) is 0. The standard InChI is InChI=1S/C7H7NO3.ClH.H4N2/c1-11-7-4-2-3-6(5-7)8(9)10;;1-2/h2-5H,1H3;1H;1-2H2. The quantitative estimate of drug-likeness (QED) is 0.438. The number of rotatable bonds is 2. The van der Waals surface area contributed by atoms with Gasteiger partial charge in [-0.15, -0.1) is 12.4 Å². The van der Waals surface area contributed by atoms with Crippen LogP contribution < -0.4 is 16.4 Å². The van der Waals surface area contributed by atoms with E-state index in [1.165, 1.54) is 19.2 Å². The monoisotopic (exact) mass is 221 g/mol. The number of nitrogens with two attached hydrogens (primary N) is 2. The van der Waals surface area contributed by atoms with Crippen molar-refractivity contribution < 1.29 is 9.66 Å². The minimum atomic E-state index is -0.456. The molecule has 1 rings (SSSR count). The third kappa shape index (κ3) is 4.61. The van der Waals surface area contributed by atoms with Crippen molar-refractivity contribution in [1.82, 2.24) is 0 Å². The van der Waals surface area contributed by atoms with Gasteiger partial charge in [-0.05, 0) is 6.07 Å². The Morgan fingerprint density at radius 1 is 1.43 bits per heavy atom. The minimum Gasteiger partial charge on any atom is -0.497 e. The summed E-state index contributed by atoms with van der Waals surface area (Å²) in [5.74, 6) is 8.50. The maximum Gasteiger partial charge on any atom is 0.273 e. The molecule has 0 radical (unpaired) electrons. The highest BCUT2D eigenvalue weighted by Crippen LogP contribution is 2.17. The van der Waals surface area contributed by atoms with Crippen molar-refractivity contribution in [3.8, 4) is 5.75 Å². The molecule has 6 nitrogen and oxygen atoms in total. The van der Waals surface area contributed by atoms with Crippen LogP contribution in [0, 0.1) is 10.1 Å². The van der Waals surface area contributed by atoms with E-state index in [1.54, 1.807) is 12.1 Å². The summed E-state index contributed by atoms with van der Waals surface area (Å²) in [7, 11) is 1.47. The predicted molar refractivity (Wildman–Crippen MR) is 55.3 cm³/mol. The Labute approximate surface area is 87.4 Å². The van der Waals surface area contributed by atoms with Gasteiger partial charge >= 0.3 is 0 Å². The molecule has 4 N–H and O–H groups in total. The number of nitrogens with zero attached hydrogens (tertiary/aromatic N) is 1. The molecular formula is C7H12ClN3O3. The van der Waals surface area contributed by atoms with Crippen molar-refractivity contribution in [3.63, 3.8) is 0 Å². The number of nitro benzene ring substituents is 1. The van der Waals surface area contributed by atoms with Crippen molar-refractivity contribution in [2.45, 2.75) is 0 Å². The van der Waals surface area contributed by atoms with Gasteiger partial charge in [-0.25, -0.2) is 0 Å². The lowest BCUT2D eigenvalue weighted by Crippen LogP contribution is -2.02. The summed E-state index contributed by atoms with van der Waals surface area (Å²) in [6.45, 7) is 0. The average Bonchev–Trinajstić information content (AvgIpc) is 2.21. The molecule has 0 unspecified atom stereocenters. The van der Waals surface area contributed by atoms with E-state index in [4.69, 9.17) is 4.74 Å². The third-order valence-electron chi connectivity index (χ3n) is 1.26. The molecular weight excluding hydrogens is 210 g/mol. The summed E-state index contributed by atoms with van der Waals surface area (Å²) < 4.78 is 4.80. The second-order valence-corrected chi connectivity index (χ2v) is 1.96. The zero-order valence-electron chi connectivity index (χ0n) is 7.54. The van der Waals surface area contributed by atoms with Crippen molar-refractivity contribution in [2.24, 2.45) is 11.7 Å². The van der Waals surface area contributed by atoms with Gasteiger partial charge in [-0.3, -0.25) is 21.8 Å². The van der Waals surface area contributed by atoms with E-state index in [9.17, 15) is 10.1 Å². The van der Waals surface area contributed by atoms with Gasteiger partial charge in [0.25, 0.3) is 5.69 Å². The summed E-state index contributed by atoms with van der Waals surface area (Å²) in [5.41, 5.74) is 0.0457. The first-order valence-electron chi connectivity index (χ1n) is 3.36. The van der Waals surface area contributed by atoms with Crippen LogP contribution >= 0.6 is 12.4 Å². The molecule has 0 spiro atoms. The third-order valence-corrected chi connectivity index (χ3v) is 1.26. The fourth-order valence-corrected chi connectivity index (χ4v) is 0.724. The fraction of sp³-hybridized carbons (Fsp3) is 0.143. The number of ether oxygens (including phenoxy) is 1. The summed E-state index contributed by atoms with van der Waals surface area (Å²) in [4.78, 5) is 9.76. The number of non-ortho nitro benzene ring substituents is 1. The van der Waals surface area contributed by atoms with E-state index in [2.05, 4.69) is 11.7 Å². The Kier molecular flexibility index (Phi) is 8.90. The molecule has 0 aliphatic heterocycles. The van der Waals surface area contributed by atoms with Gasteiger partial charge < -0.3 is 4.74 Å². The Hall–Kier alpha value is -1.37. The summed E-state index contributed by atoms with van der Waals surface area (Å²) in [5, 5.41) is 10.2. The number of nitro groups is 1. The van der Waals surface area contributed by atoms with Crippen LogP contribution in [-0.4, -0.2) is 12.0 Å². The number of hydrogen-bond acceptors (Lipinski definition) is 5. The largest absolute Gasteiger partial charge is 0.497 e. The van der Waals surface area contributed by atoms with Crippen LogP contribution in [0.4, 0.5) is 5.69 Å². The molecule has 0 fully saturated rings. The zero-order valence-corrected chi connectivity index (χ0v) is 8.36. The predicted octanol–water partition coefficient (Wildman–Crippen LogP) is 0.844. The van der Waals surface area contributed by atoms with E-state index < -0.39 is 4.92 Å². The number of halogens is 1. The van der Waals surface area contributed by atoms with Gasteiger partial charge in [0.05, 0.1) is 18.1 Å².